The molecule has 102 valence electrons. The molecule has 0 amide bonds. The molecule has 0 saturated heterocycles. The van der Waals surface area contributed by atoms with Crippen molar-refractivity contribution in [2.24, 2.45) is 5.92 Å². The normalized spacial score (nSPS) is 22.4. The van der Waals surface area contributed by atoms with Gasteiger partial charge in [0.25, 0.3) is 0 Å². The maximum atomic E-state index is 6.10. The number of nitrogens with zero attached hydrogens (tertiary/aromatic N) is 2. The number of nitrogens with two attached hydrogens (primary N) is 1. The Bertz CT molecular complexity index is 584. The second-order valence-corrected chi connectivity index (χ2v) is 5.54. The molecule has 1 heterocycles. The zero-order valence-electron chi connectivity index (χ0n) is 11.6. The number of aromatic nitrogens is 2. The van der Waals surface area contributed by atoms with E-state index in [-0.39, 0.29) is 0 Å². The van der Waals surface area contributed by atoms with Crippen LogP contribution in [0.4, 0.5) is 5.95 Å². The average molecular weight is 259 g/mol. The molecule has 1 saturated carbocycles. The lowest BCUT2D eigenvalue weighted by molar-refractivity contribution is 0.223. The highest BCUT2D eigenvalue weighted by Crippen LogP contribution is 2.41. The molecule has 1 aliphatic carbocycles. The number of ether oxygens (including phenoxy) is 1. The monoisotopic (exact) mass is 259 g/mol. The van der Waals surface area contributed by atoms with Gasteiger partial charge in [0.05, 0.1) is 12.1 Å². The first-order valence-corrected chi connectivity index (χ1v) is 7.10. The molecule has 2 N–H and O–H groups in total. The Labute approximate surface area is 113 Å². The quantitative estimate of drug-likeness (QED) is 0.915. The lowest BCUT2D eigenvalue weighted by Crippen LogP contribution is -2.25. The van der Waals surface area contributed by atoms with Gasteiger partial charge in [0.1, 0.15) is 11.3 Å². The van der Waals surface area contributed by atoms with Crippen LogP contribution in [0.5, 0.6) is 5.75 Å². The van der Waals surface area contributed by atoms with Gasteiger partial charge in [-0.2, -0.15) is 0 Å². The second-order valence-electron chi connectivity index (χ2n) is 5.54. The van der Waals surface area contributed by atoms with Gasteiger partial charge in [0.15, 0.2) is 0 Å². The summed E-state index contributed by atoms with van der Waals surface area (Å²) in [6.07, 6.45) is 3.37. The van der Waals surface area contributed by atoms with Crippen LogP contribution in [0.25, 0.3) is 11.0 Å². The maximum Gasteiger partial charge on any atom is 0.201 e. The smallest absolute Gasteiger partial charge is 0.201 e. The number of nitrogen functional groups attached to an aromatic ring is 1. The Hall–Kier alpha value is -1.71. The van der Waals surface area contributed by atoms with E-state index >= 15 is 0 Å². The number of imidazole rings is 1. The number of benzene rings is 1. The van der Waals surface area contributed by atoms with Crippen LogP contribution in [0.3, 0.4) is 0 Å². The molecular formula is C15H21N3O. The molecule has 2 aromatic rings. The molecular weight excluding hydrogens is 238 g/mol. The Morgan fingerprint density at radius 2 is 2.21 bits per heavy atom. The summed E-state index contributed by atoms with van der Waals surface area (Å²) in [6, 6.07) is 6.58. The predicted octanol–water partition coefficient (Wildman–Crippen LogP) is 3.38. The molecule has 1 aliphatic rings. The summed E-state index contributed by atoms with van der Waals surface area (Å²) < 4.78 is 7.93. The highest BCUT2D eigenvalue weighted by Gasteiger charge is 2.30. The van der Waals surface area contributed by atoms with Gasteiger partial charge < -0.3 is 15.0 Å². The number of hydrogen-bond donors (Lipinski definition) is 1. The minimum atomic E-state index is 0.501. The predicted molar refractivity (Wildman–Crippen MR) is 77.4 cm³/mol. The number of fused-ring (bicyclic) bond motifs is 1. The van der Waals surface area contributed by atoms with Crippen molar-refractivity contribution in [3.8, 4) is 5.75 Å². The third-order valence-electron chi connectivity index (χ3n) is 3.89. The van der Waals surface area contributed by atoms with Crippen LogP contribution >= 0.6 is 0 Å². The van der Waals surface area contributed by atoms with Crippen molar-refractivity contribution in [2.75, 3.05) is 12.3 Å². The molecule has 4 nitrogen and oxygen atoms in total. The molecule has 0 radical (unpaired) electrons. The largest absolute Gasteiger partial charge is 0.491 e. The summed E-state index contributed by atoms with van der Waals surface area (Å²) in [5.41, 5.74) is 8.10. The van der Waals surface area contributed by atoms with Gasteiger partial charge >= 0.3 is 0 Å². The minimum absolute atomic E-state index is 0.501. The third-order valence-corrected chi connectivity index (χ3v) is 3.89. The standard InChI is InChI=1S/C15H21N3O/c1-3-7-19-13-6-4-5-12-14(13)17-15(16)18(12)11-8-10(2)9-11/h4-6,10-11H,3,7-9H2,1-2H3,(H2,16,17). The van der Waals surface area contributed by atoms with E-state index in [1.165, 1.54) is 12.8 Å². The van der Waals surface area contributed by atoms with Crippen LogP contribution in [-0.4, -0.2) is 16.2 Å². The lowest BCUT2D eigenvalue weighted by Gasteiger charge is -2.34. The molecule has 3 rings (SSSR count). The van der Waals surface area contributed by atoms with E-state index in [1.807, 2.05) is 12.1 Å². The molecule has 4 heteroatoms. The van der Waals surface area contributed by atoms with E-state index in [1.54, 1.807) is 0 Å². The van der Waals surface area contributed by atoms with Crippen LogP contribution < -0.4 is 10.5 Å². The Kier molecular flexibility index (Phi) is 3.09. The lowest BCUT2D eigenvalue weighted by atomic mass is 9.81. The summed E-state index contributed by atoms with van der Waals surface area (Å²) in [6.45, 7) is 5.09. The first kappa shape index (κ1) is 12.3. The highest BCUT2D eigenvalue weighted by atomic mass is 16.5. The first-order chi connectivity index (χ1) is 9.20. The van der Waals surface area contributed by atoms with Gasteiger partial charge in [0.2, 0.25) is 5.95 Å². The molecule has 0 spiro atoms. The van der Waals surface area contributed by atoms with Gasteiger partial charge in [-0.05, 0) is 37.3 Å². The summed E-state index contributed by atoms with van der Waals surface area (Å²) in [5, 5.41) is 0. The minimum Gasteiger partial charge on any atom is -0.491 e. The van der Waals surface area contributed by atoms with Gasteiger partial charge in [-0.3, -0.25) is 0 Å². The Morgan fingerprint density at radius 3 is 2.89 bits per heavy atom. The van der Waals surface area contributed by atoms with E-state index < -0.39 is 0 Å². The molecule has 0 aliphatic heterocycles. The fraction of sp³-hybridized carbons (Fsp3) is 0.533. The van der Waals surface area contributed by atoms with E-state index in [0.29, 0.717) is 18.6 Å². The molecule has 1 aromatic carbocycles. The number of para-hydroxylation sites is 1. The van der Waals surface area contributed by atoms with Crippen LogP contribution in [0, 0.1) is 5.92 Å². The van der Waals surface area contributed by atoms with E-state index in [2.05, 4.69) is 29.5 Å². The molecule has 0 atom stereocenters. The second kappa shape index (κ2) is 4.76. The maximum absolute atomic E-state index is 6.10. The summed E-state index contributed by atoms with van der Waals surface area (Å²) in [7, 11) is 0. The Morgan fingerprint density at radius 1 is 1.42 bits per heavy atom. The molecule has 0 unspecified atom stereocenters. The van der Waals surface area contributed by atoms with Crippen molar-refractivity contribution in [1.29, 1.82) is 0 Å². The number of rotatable bonds is 4. The SMILES string of the molecule is CCCOc1cccc2c1nc(N)n2C1CC(C)C1. The van der Waals surface area contributed by atoms with E-state index in [0.717, 1.165) is 29.1 Å². The average Bonchev–Trinajstić information content (AvgIpc) is 2.69. The van der Waals surface area contributed by atoms with Crippen LogP contribution in [0.15, 0.2) is 18.2 Å². The zero-order chi connectivity index (χ0) is 13.4. The summed E-state index contributed by atoms with van der Waals surface area (Å²) >= 11 is 0. The number of anilines is 1. The fourth-order valence-corrected chi connectivity index (χ4v) is 2.89. The molecule has 1 fully saturated rings. The van der Waals surface area contributed by atoms with E-state index in [9.17, 15) is 0 Å². The van der Waals surface area contributed by atoms with Crippen molar-refractivity contribution < 1.29 is 4.74 Å². The third kappa shape index (κ3) is 2.05. The molecule has 0 bridgehead atoms. The van der Waals surface area contributed by atoms with Gasteiger partial charge in [-0.25, -0.2) is 4.98 Å². The highest BCUT2D eigenvalue weighted by molar-refractivity contribution is 5.84. The Balaban J connectivity index is 2.01. The summed E-state index contributed by atoms with van der Waals surface area (Å²) in [5.74, 6) is 2.25. The molecule has 19 heavy (non-hydrogen) atoms. The van der Waals surface area contributed by atoms with Gasteiger partial charge in [0, 0.05) is 6.04 Å². The van der Waals surface area contributed by atoms with Crippen molar-refractivity contribution in [1.82, 2.24) is 9.55 Å². The molecule has 1 aromatic heterocycles. The van der Waals surface area contributed by atoms with Gasteiger partial charge in [-0.1, -0.05) is 19.9 Å². The first-order valence-electron chi connectivity index (χ1n) is 7.10. The van der Waals surface area contributed by atoms with Crippen LogP contribution in [0.1, 0.15) is 39.2 Å². The summed E-state index contributed by atoms with van der Waals surface area (Å²) in [4.78, 5) is 4.51. The van der Waals surface area contributed by atoms with Gasteiger partial charge in [-0.15, -0.1) is 0 Å². The topological polar surface area (TPSA) is 53.1 Å². The van der Waals surface area contributed by atoms with Crippen molar-refractivity contribution in [3.05, 3.63) is 18.2 Å². The van der Waals surface area contributed by atoms with Crippen molar-refractivity contribution in [2.45, 2.75) is 39.2 Å². The fourth-order valence-electron chi connectivity index (χ4n) is 2.89. The van der Waals surface area contributed by atoms with Crippen LogP contribution in [-0.2, 0) is 0 Å². The van der Waals surface area contributed by atoms with E-state index in [4.69, 9.17) is 10.5 Å². The van der Waals surface area contributed by atoms with Crippen molar-refractivity contribution in [3.63, 3.8) is 0 Å². The van der Waals surface area contributed by atoms with Crippen LogP contribution in [0.2, 0.25) is 0 Å². The zero-order valence-corrected chi connectivity index (χ0v) is 11.6. The number of hydrogen-bond acceptors (Lipinski definition) is 3. The van der Waals surface area contributed by atoms with Crippen molar-refractivity contribution >= 4 is 17.0 Å².